The van der Waals surface area contributed by atoms with E-state index >= 15 is 0 Å². The Morgan fingerprint density at radius 2 is 1.74 bits per heavy atom. The normalized spacial score (nSPS) is 11.5. The Hall–Kier alpha value is -3.97. The maximum Gasteiger partial charge on any atom is 0.248 e. The van der Waals surface area contributed by atoms with Crippen LogP contribution in [0.25, 0.3) is 0 Å². The molecule has 1 aromatic heterocycles. The van der Waals surface area contributed by atoms with Crippen LogP contribution in [-0.4, -0.2) is 18.9 Å². The molecular formula is C28H25FN2O3S. The molecule has 1 heterocycles. The van der Waals surface area contributed by atoms with Gasteiger partial charge < -0.3 is 10.1 Å². The number of carbonyl (C=O) groups is 2. The van der Waals surface area contributed by atoms with Gasteiger partial charge in [0.15, 0.2) is 0 Å². The number of nitrogens with zero attached hydrogens (tertiary/aromatic N) is 1. The van der Waals surface area contributed by atoms with E-state index in [1.54, 1.807) is 31.4 Å². The van der Waals surface area contributed by atoms with Gasteiger partial charge in [0, 0.05) is 23.2 Å². The molecule has 0 aliphatic heterocycles. The van der Waals surface area contributed by atoms with Crippen molar-refractivity contribution in [3.8, 4) is 5.75 Å². The number of nitrogens with one attached hydrogen (secondary N) is 1. The number of ether oxygens (including phenoxy) is 1. The summed E-state index contributed by atoms with van der Waals surface area (Å²) in [5.74, 6) is -0.498. The zero-order chi connectivity index (χ0) is 24.6. The fraction of sp³-hybridized carbons (Fsp3) is 0.143. The van der Waals surface area contributed by atoms with E-state index in [2.05, 4.69) is 5.32 Å². The van der Waals surface area contributed by atoms with Crippen LogP contribution in [0.2, 0.25) is 0 Å². The van der Waals surface area contributed by atoms with Crippen LogP contribution < -0.4 is 15.0 Å². The first-order valence-electron chi connectivity index (χ1n) is 11.1. The second kappa shape index (κ2) is 11.4. The van der Waals surface area contributed by atoms with Crippen molar-refractivity contribution < 1.29 is 18.7 Å². The monoisotopic (exact) mass is 488 g/mol. The Morgan fingerprint density at radius 1 is 0.971 bits per heavy atom. The second-order valence-electron chi connectivity index (χ2n) is 7.88. The molecule has 0 spiro atoms. The fourth-order valence-corrected chi connectivity index (χ4v) is 4.49. The van der Waals surface area contributed by atoms with Gasteiger partial charge in [0.05, 0.1) is 13.5 Å². The molecule has 2 amide bonds. The average Bonchev–Trinajstić information content (AvgIpc) is 3.40. The standard InChI is InChI=1S/C28H25FN2O3S/c1-34-24-10-5-9-23(17-24)31(26(32)18-25-11-6-16-35-25)27(21-12-14-22(29)15-13-21)28(33)30-19-20-7-3-2-4-8-20/h2-17,27H,18-19H2,1H3,(H,30,33)/t27-/m1/s1. The van der Waals surface area contributed by atoms with E-state index in [0.717, 1.165) is 10.4 Å². The topological polar surface area (TPSA) is 58.6 Å². The van der Waals surface area contributed by atoms with E-state index in [1.165, 1.54) is 40.5 Å². The van der Waals surface area contributed by atoms with Crippen molar-refractivity contribution in [3.05, 3.63) is 118 Å². The van der Waals surface area contributed by atoms with Gasteiger partial charge >= 0.3 is 0 Å². The third kappa shape index (κ3) is 6.13. The minimum Gasteiger partial charge on any atom is -0.497 e. The molecule has 0 saturated carbocycles. The first kappa shape index (κ1) is 24.2. The van der Waals surface area contributed by atoms with E-state index in [-0.39, 0.29) is 18.2 Å². The molecule has 0 aliphatic rings. The first-order valence-corrected chi connectivity index (χ1v) is 12.0. The second-order valence-corrected chi connectivity index (χ2v) is 8.91. The molecule has 0 unspecified atom stereocenters. The number of hydrogen-bond acceptors (Lipinski definition) is 4. The van der Waals surface area contributed by atoms with Crippen LogP contribution in [0.15, 0.2) is 96.4 Å². The molecule has 4 rings (SSSR count). The summed E-state index contributed by atoms with van der Waals surface area (Å²) in [6.45, 7) is 0.294. The Bertz CT molecular complexity index is 1260. The van der Waals surface area contributed by atoms with Crippen LogP contribution >= 0.6 is 11.3 Å². The molecule has 5 nitrogen and oxygen atoms in total. The predicted octanol–water partition coefficient (Wildman–Crippen LogP) is 5.53. The lowest BCUT2D eigenvalue weighted by Gasteiger charge is -2.32. The molecule has 178 valence electrons. The molecular weight excluding hydrogens is 463 g/mol. The van der Waals surface area contributed by atoms with Crippen LogP contribution in [0.5, 0.6) is 5.75 Å². The Kier molecular flexibility index (Phi) is 7.90. The lowest BCUT2D eigenvalue weighted by atomic mass is 10.0. The molecule has 0 aliphatic carbocycles. The molecule has 0 saturated heterocycles. The Morgan fingerprint density at radius 3 is 2.43 bits per heavy atom. The summed E-state index contributed by atoms with van der Waals surface area (Å²) in [5, 5.41) is 4.85. The first-order chi connectivity index (χ1) is 17.0. The van der Waals surface area contributed by atoms with Gasteiger partial charge in [0.2, 0.25) is 11.8 Å². The van der Waals surface area contributed by atoms with Crippen molar-refractivity contribution in [1.82, 2.24) is 5.32 Å². The van der Waals surface area contributed by atoms with Crippen LogP contribution in [0, 0.1) is 5.82 Å². The molecule has 4 aromatic rings. The third-order valence-corrected chi connectivity index (χ3v) is 6.38. The van der Waals surface area contributed by atoms with Crippen molar-refractivity contribution in [2.24, 2.45) is 0 Å². The van der Waals surface area contributed by atoms with Crippen LogP contribution in [0.3, 0.4) is 0 Å². The van der Waals surface area contributed by atoms with Crippen molar-refractivity contribution in [2.45, 2.75) is 19.0 Å². The largest absolute Gasteiger partial charge is 0.497 e. The summed E-state index contributed by atoms with van der Waals surface area (Å²) in [6.07, 6.45) is 0.124. The number of amides is 2. The van der Waals surface area contributed by atoms with Gasteiger partial charge in [-0.1, -0.05) is 54.6 Å². The SMILES string of the molecule is COc1cccc(N(C(=O)Cc2cccs2)[C@@H](C(=O)NCc2ccccc2)c2ccc(F)cc2)c1. The molecule has 35 heavy (non-hydrogen) atoms. The highest BCUT2D eigenvalue weighted by molar-refractivity contribution is 7.10. The fourth-order valence-electron chi connectivity index (χ4n) is 3.79. The zero-order valence-electron chi connectivity index (χ0n) is 19.2. The maximum absolute atomic E-state index is 13.8. The molecule has 0 bridgehead atoms. The van der Waals surface area contributed by atoms with Gasteiger partial charge in [-0.05, 0) is 46.8 Å². The van der Waals surface area contributed by atoms with Crippen molar-refractivity contribution in [1.29, 1.82) is 0 Å². The highest BCUT2D eigenvalue weighted by atomic mass is 32.1. The quantitative estimate of drug-likeness (QED) is 0.337. The van der Waals surface area contributed by atoms with E-state index in [0.29, 0.717) is 23.5 Å². The van der Waals surface area contributed by atoms with Crippen molar-refractivity contribution >= 4 is 28.8 Å². The van der Waals surface area contributed by atoms with Gasteiger partial charge in [-0.3, -0.25) is 14.5 Å². The average molecular weight is 489 g/mol. The van der Waals surface area contributed by atoms with Gasteiger partial charge in [0.25, 0.3) is 0 Å². The van der Waals surface area contributed by atoms with Gasteiger partial charge in [-0.15, -0.1) is 11.3 Å². The number of halogens is 1. The summed E-state index contributed by atoms with van der Waals surface area (Å²) >= 11 is 1.47. The number of carbonyl (C=O) groups excluding carboxylic acids is 2. The van der Waals surface area contributed by atoms with Crippen molar-refractivity contribution in [3.63, 3.8) is 0 Å². The maximum atomic E-state index is 13.8. The summed E-state index contributed by atoms with van der Waals surface area (Å²) in [6, 6.07) is 24.9. The lowest BCUT2D eigenvalue weighted by molar-refractivity contribution is -0.126. The number of benzene rings is 3. The molecule has 3 aromatic carbocycles. The van der Waals surface area contributed by atoms with Gasteiger partial charge in [0.1, 0.15) is 17.6 Å². The summed E-state index contributed by atoms with van der Waals surface area (Å²) in [5.41, 5.74) is 1.94. The van der Waals surface area contributed by atoms with Crippen LogP contribution in [-0.2, 0) is 22.6 Å². The molecule has 0 fully saturated rings. The minimum atomic E-state index is -1.01. The van der Waals surface area contributed by atoms with Crippen LogP contribution in [0.4, 0.5) is 10.1 Å². The molecule has 1 atom stereocenters. The predicted molar refractivity (Wildman–Crippen MR) is 136 cm³/mol. The Labute approximate surface area is 207 Å². The molecule has 7 heteroatoms. The Balaban J connectivity index is 1.75. The zero-order valence-corrected chi connectivity index (χ0v) is 20.0. The number of hydrogen-bond donors (Lipinski definition) is 1. The van der Waals surface area contributed by atoms with Crippen LogP contribution in [0.1, 0.15) is 22.0 Å². The van der Waals surface area contributed by atoms with E-state index < -0.39 is 11.9 Å². The summed E-state index contributed by atoms with van der Waals surface area (Å²) in [4.78, 5) is 29.7. The lowest BCUT2D eigenvalue weighted by Crippen LogP contribution is -2.44. The van der Waals surface area contributed by atoms with E-state index in [9.17, 15) is 14.0 Å². The number of thiophene rings is 1. The summed E-state index contributed by atoms with van der Waals surface area (Å²) in [7, 11) is 1.54. The minimum absolute atomic E-state index is 0.124. The van der Waals surface area contributed by atoms with Gasteiger partial charge in [-0.25, -0.2) is 4.39 Å². The van der Waals surface area contributed by atoms with Gasteiger partial charge in [-0.2, -0.15) is 0 Å². The molecule has 0 radical (unpaired) electrons. The smallest absolute Gasteiger partial charge is 0.248 e. The number of anilines is 1. The third-order valence-electron chi connectivity index (χ3n) is 5.51. The number of rotatable bonds is 9. The van der Waals surface area contributed by atoms with Crippen molar-refractivity contribution in [2.75, 3.05) is 12.0 Å². The number of methoxy groups -OCH3 is 1. The summed E-state index contributed by atoms with van der Waals surface area (Å²) < 4.78 is 19.1. The molecule has 1 N–H and O–H groups in total. The highest BCUT2D eigenvalue weighted by Gasteiger charge is 2.33. The highest BCUT2D eigenvalue weighted by Crippen LogP contribution is 2.31. The van der Waals surface area contributed by atoms with E-state index in [4.69, 9.17) is 4.74 Å². The van der Waals surface area contributed by atoms with E-state index in [1.807, 2.05) is 47.8 Å².